The van der Waals surface area contributed by atoms with Crippen LogP contribution in [0.5, 0.6) is 0 Å². The highest BCUT2D eigenvalue weighted by Gasteiger charge is 2.11. The van der Waals surface area contributed by atoms with Gasteiger partial charge in [-0.1, -0.05) is 6.08 Å². The summed E-state index contributed by atoms with van der Waals surface area (Å²) in [7, 11) is 0. The van der Waals surface area contributed by atoms with E-state index in [1.54, 1.807) is 11.1 Å². The molecule has 3 heteroatoms. The van der Waals surface area contributed by atoms with Gasteiger partial charge in [0.25, 0.3) is 0 Å². The van der Waals surface area contributed by atoms with Crippen LogP contribution in [-0.2, 0) is 4.79 Å². The van der Waals surface area contributed by atoms with Crippen LogP contribution in [0.2, 0.25) is 0 Å². The fourth-order valence-electron chi connectivity index (χ4n) is 0.887. The lowest BCUT2D eigenvalue weighted by Gasteiger charge is -2.12. The number of hydrogen-bond donors (Lipinski definition) is 1. The Balaban J connectivity index is 2.48. The van der Waals surface area contributed by atoms with Crippen molar-refractivity contribution >= 4 is 11.6 Å². The maximum absolute atomic E-state index is 10.6. The van der Waals surface area contributed by atoms with Gasteiger partial charge >= 0.3 is 0 Å². The molecule has 1 aliphatic rings. The quantitative estimate of drug-likeness (QED) is 0.612. The van der Waals surface area contributed by atoms with E-state index in [1.165, 1.54) is 6.92 Å². The van der Waals surface area contributed by atoms with Crippen LogP contribution in [0.4, 0.5) is 0 Å². The van der Waals surface area contributed by atoms with Crippen molar-refractivity contribution in [3.63, 3.8) is 0 Å². The molecule has 0 saturated heterocycles. The Kier molecular flexibility index (Phi) is 1.85. The fourth-order valence-corrected chi connectivity index (χ4v) is 0.887. The molecule has 0 aromatic carbocycles. The van der Waals surface area contributed by atoms with Gasteiger partial charge in [0.2, 0.25) is 0 Å². The van der Waals surface area contributed by atoms with Crippen molar-refractivity contribution in [2.24, 2.45) is 0 Å². The molecule has 0 saturated carbocycles. The summed E-state index contributed by atoms with van der Waals surface area (Å²) in [5, 5.41) is 7.31. The minimum absolute atomic E-state index is 0.0938. The van der Waals surface area contributed by atoms with E-state index in [2.05, 4.69) is 0 Å². The van der Waals surface area contributed by atoms with E-state index in [1.807, 2.05) is 6.08 Å². The minimum Gasteiger partial charge on any atom is -0.330 e. The molecule has 0 bridgehead atoms. The molecule has 3 nitrogen and oxygen atoms in total. The first kappa shape index (κ1) is 6.99. The lowest BCUT2D eigenvalue weighted by molar-refractivity contribution is -0.117. The summed E-state index contributed by atoms with van der Waals surface area (Å²) in [6.45, 7) is 1.87. The van der Waals surface area contributed by atoms with Crippen molar-refractivity contribution in [3.8, 4) is 0 Å². The Morgan fingerprint density at radius 1 is 1.90 bits per heavy atom. The molecule has 0 amide bonds. The Labute approximate surface area is 59.8 Å². The molecule has 0 unspecified atom stereocenters. The second kappa shape index (κ2) is 2.64. The highest BCUT2D eigenvalue weighted by molar-refractivity contribution is 5.89. The van der Waals surface area contributed by atoms with E-state index in [4.69, 9.17) is 5.41 Å². The van der Waals surface area contributed by atoms with Crippen LogP contribution in [0.3, 0.4) is 0 Å². The van der Waals surface area contributed by atoms with Gasteiger partial charge < -0.3 is 4.90 Å². The molecule has 0 aromatic rings. The van der Waals surface area contributed by atoms with Gasteiger partial charge in [-0.15, -0.1) is 0 Å². The van der Waals surface area contributed by atoms with Crippen molar-refractivity contribution < 1.29 is 4.79 Å². The van der Waals surface area contributed by atoms with Gasteiger partial charge in [-0.25, -0.2) is 0 Å². The smallest absolute Gasteiger partial charge is 0.149 e. The average molecular weight is 138 g/mol. The molecule has 0 radical (unpaired) electrons. The summed E-state index contributed by atoms with van der Waals surface area (Å²) in [5.74, 6) is 0.603. The number of nitrogens with zero attached hydrogens (tertiary/aromatic N) is 1. The maximum atomic E-state index is 10.6. The van der Waals surface area contributed by atoms with Crippen LogP contribution >= 0.6 is 0 Å². The summed E-state index contributed by atoms with van der Waals surface area (Å²) in [5.41, 5.74) is 0. The van der Waals surface area contributed by atoms with Gasteiger partial charge in [0.1, 0.15) is 11.6 Å². The van der Waals surface area contributed by atoms with Gasteiger partial charge in [-0.3, -0.25) is 10.2 Å². The molecule has 0 fully saturated rings. The first-order valence-electron chi connectivity index (χ1n) is 3.20. The summed E-state index contributed by atoms with van der Waals surface area (Å²) in [6, 6.07) is 0. The van der Waals surface area contributed by atoms with Gasteiger partial charge in [0.05, 0.1) is 6.54 Å². The van der Waals surface area contributed by atoms with Crippen LogP contribution in [0.25, 0.3) is 0 Å². The van der Waals surface area contributed by atoms with Gasteiger partial charge in [0.15, 0.2) is 0 Å². The highest BCUT2D eigenvalue weighted by atomic mass is 16.1. The van der Waals surface area contributed by atoms with Crippen molar-refractivity contribution in [1.29, 1.82) is 5.41 Å². The van der Waals surface area contributed by atoms with Gasteiger partial charge in [-0.05, 0) is 6.92 Å². The van der Waals surface area contributed by atoms with Crippen molar-refractivity contribution in [2.75, 3.05) is 6.54 Å². The number of hydrogen-bond acceptors (Lipinski definition) is 2. The zero-order valence-corrected chi connectivity index (χ0v) is 5.92. The van der Waals surface area contributed by atoms with E-state index in [0.717, 1.165) is 0 Å². The largest absolute Gasteiger partial charge is 0.330 e. The summed E-state index contributed by atoms with van der Waals surface area (Å²) < 4.78 is 0. The minimum atomic E-state index is 0.0938. The predicted octanol–water partition coefficient (Wildman–Crippen LogP) is 0.772. The van der Waals surface area contributed by atoms with Gasteiger partial charge in [-0.2, -0.15) is 0 Å². The molecule has 10 heavy (non-hydrogen) atoms. The Morgan fingerprint density at radius 3 is 3.00 bits per heavy atom. The van der Waals surface area contributed by atoms with E-state index >= 15 is 0 Å². The zero-order chi connectivity index (χ0) is 7.56. The van der Waals surface area contributed by atoms with Crippen molar-refractivity contribution in [2.45, 2.75) is 13.3 Å². The number of carbonyl (C=O) groups is 1. The zero-order valence-electron chi connectivity index (χ0n) is 5.92. The number of carbonyl (C=O) groups excluding carboxylic acids is 1. The number of rotatable bonds is 2. The van der Waals surface area contributed by atoms with E-state index in [0.29, 0.717) is 18.8 Å². The Morgan fingerprint density at radius 2 is 2.60 bits per heavy atom. The Bertz CT molecular complexity index is 196. The molecule has 1 heterocycles. The van der Waals surface area contributed by atoms with Crippen LogP contribution in [0.15, 0.2) is 12.3 Å². The SMILES string of the molecule is CC(=O)CN1C=CCC1=N. The molecule has 1 rings (SSSR count). The lowest BCUT2D eigenvalue weighted by Crippen LogP contribution is -2.25. The molecule has 0 spiro atoms. The Hall–Kier alpha value is -1.12. The van der Waals surface area contributed by atoms with E-state index in [9.17, 15) is 4.79 Å². The predicted molar refractivity (Wildman–Crippen MR) is 38.9 cm³/mol. The monoisotopic (exact) mass is 138 g/mol. The van der Waals surface area contributed by atoms with Gasteiger partial charge in [0, 0.05) is 12.6 Å². The first-order chi connectivity index (χ1) is 4.70. The first-order valence-corrected chi connectivity index (χ1v) is 3.20. The summed E-state index contributed by atoms with van der Waals surface area (Å²) >= 11 is 0. The van der Waals surface area contributed by atoms with Crippen LogP contribution in [0.1, 0.15) is 13.3 Å². The highest BCUT2D eigenvalue weighted by Crippen LogP contribution is 2.05. The molecule has 54 valence electrons. The third kappa shape index (κ3) is 1.43. The van der Waals surface area contributed by atoms with Crippen LogP contribution in [-0.4, -0.2) is 23.1 Å². The third-order valence-corrected chi connectivity index (χ3v) is 1.34. The molecule has 0 aliphatic carbocycles. The summed E-state index contributed by atoms with van der Waals surface area (Å²) in [4.78, 5) is 12.2. The topological polar surface area (TPSA) is 44.2 Å². The summed E-state index contributed by atoms with van der Waals surface area (Å²) in [6.07, 6.45) is 4.32. The second-order valence-corrected chi connectivity index (χ2v) is 2.37. The van der Waals surface area contributed by atoms with Crippen LogP contribution < -0.4 is 0 Å². The molecule has 1 aliphatic heterocycles. The lowest BCUT2D eigenvalue weighted by atomic mass is 10.4. The van der Waals surface area contributed by atoms with Crippen molar-refractivity contribution in [3.05, 3.63) is 12.3 Å². The number of amidine groups is 1. The third-order valence-electron chi connectivity index (χ3n) is 1.34. The number of nitrogens with one attached hydrogen (secondary N) is 1. The standard InChI is InChI=1S/C7H10N2O/c1-6(10)5-9-4-2-3-7(9)8/h2,4,8H,3,5H2,1H3. The normalized spacial score (nSPS) is 16.5. The molecular formula is C7H10N2O. The number of Topliss-reactive ketones (excluding diaryl/α,β-unsaturated/α-hetero) is 1. The number of ketones is 1. The fraction of sp³-hybridized carbons (Fsp3) is 0.429. The van der Waals surface area contributed by atoms with E-state index in [-0.39, 0.29) is 5.78 Å². The maximum Gasteiger partial charge on any atom is 0.149 e. The van der Waals surface area contributed by atoms with Crippen LogP contribution in [0, 0.1) is 5.41 Å². The molecule has 0 aromatic heterocycles. The van der Waals surface area contributed by atoms with E-state index < -0.39 is 0 Å². The molecular weight excluding hydrogens is 128 g/mol. The molecule has 0 atom stereocenters. The average Bonchev–Trinajstić information content (AvgIpc) is 2.15. The second-order valence-electron chi connectivity index (χ2n) is 2.37. The van der Waals surface area contributed by atoms with Crippen molar-refractivity contribution in [1.82, 2.24) is 4.90 Å². The molecule has 1 N–H and O–H groups in total.